The number of phenols is 1. The first-order valence-corrected chi connectivity index (χ1v) is 17.1. The highest BCUT2D eigenvalue weighted by atomic mass is 32.2. The molecule has 6 N–H and O–H groups in total. The topological polar surface area (TPSA) is 227 Å². The van der Waals surface area contributed by atoms with E-state index in [2.05, 4.69) is 10.2 Å². The van der Waals surface area contributed by atoms with E-state index in [1.807, 2.05) is 0 Å². The largest absolute Gasteiger partial charge is 0.507 e. The molecule has 0 spiro atoms. The maximum Gasteiger partial charge on any atom is 0.352 e. The number of carboxylic acids is 1. The molecule has 1 fully saturated rings. The fraction of sp³-hybridized carbons (Fsp3) is 0.231. The van der Waals surface area contributed by atoms with Gasteiger partial charge in [-0.25, -0.2) is 18.4 Å². The summed E-state index contributed by atoms with van der Waals surface area (Å²) in [6.07, 6.45) is 0. The molecule has 14 nitrogen and oxygen atoms in total. The van der Waals surface area contributed by atoms with Crippen molar-refractivity contribution < 1.29 is 37.8 Å². The number of thioether (sulfide) groups is 2. The van der Waals surface area contributed by atoms with Gasteiger partial charge in [-0.3, -0.25) is 24.2 Å². The Morgan fingerprint density at radius 1 is 1.18 bits per heavy atom. The van der Waals surface area contributed by atoms with E-state index in [0.717, 1.165) is 39.9 Å². The van der Waals surface area contributed by atoms with Gasteiger partial charge in [-0.05, 0) is 36.3 Å². The van der Waals surface area contributed by atoms with Crippen molar-refractivity contribution in [1.82, 2.24) is 20.0 Å². The van der Waals surface area contributed by atoms with Gasteiger partial charge in [-0.1, -0.05) is 53.4 Å². The summed E-state index contributed by atoms with van der Waals surface area (Å²) in [5, 5.41) is 33.5. The summed E-state index contributed by atoms with van der Waals surface area (Å²) in [7, 11) is -4.32. The first-order chi connectivity index (χ1) is 20.8. The molecule has 0 saturated carbocycles. The molecule has 5 rings (SSSR count). The zero-order chi connectivity index (χ0) is 31.9. The van der Waals surface area contributed by atoms with Gasteiger partial charge in [0.05, 0.1) is 10.5 Å². The number of carbonyl (C=O) groups excluding carboxylic acids is 3. The SMILES string of the molecule is Cc1nnc(SCC2=C(C(=O)O)N3C(=O)C(N(C(=O)c4cc(S(N)(=O)=O)ccc4O)C(=O)[C@H](N)c4ccccc4)[C@H]3SC2)s1. The lowest BCUT2D eigenvalue weighted by molar-refractivity contribution is -0.157. The third-order valence-electron chi connectivity index (χ3n) is 6.79. The Bertz CT molecular complexity index is 1810. The number of benzene rings is 2. The first kappa shape index (κ1) is 31.6. The molecule has 1 unspecified atom stereocenters. The fourth-order valence-corrected chi connectivity index (χ4v) is 8.56. The molecule has 1 saturated heterocycles. The Hall–Kier alpha value is -3.81. The predicted molar refractivity (Wildman–Crippen MR) is 161 cm³/mol. The molecule has 18 heteroatoms. The van der Waals surface area contributed by atoms with Crippen LogP contribution >= 0.6 is 34.9 Å². The number of primary sulfonamides is 1. The lowest BCUT2D eigenvalue weighted by atomic mass is 9.97. The van der Waals surface area contributed by atoms with Crippen molar-refractivity contribution in [3.8, 4) is 5.75 Å². The summed E-state index contributed by atoms with van der Waals surface area (Å²) in [6.45, 7) is 1.78. The van der Waals surface area contributed by atoms with Crippen LogP contribution in [0, 0.1) is 6.92 Å². The van der Waals surface area contributed by atoms with Crippen LogP contribution in [0.2, 0.25) is 0 Å². The van der Waals surface area contributed by atoms with Crippen molar-refractivity contribution in [3.63, 3.8) is 0 Å². The first-order valence-electron chi connectivity index (χ1n) is 12.7. The predicted octanol–water partition coefficient (Wildman–Crippen LogP) is 1.28. The highest BCUT2D eigenvalue weighted by Gasteiger charge is 2.59. The van der Waals surface area contributed by atoms with E-state index >= 15 is 0 Å². The minimum absolute atomic E-state index is 0.157. The highest BCUT2D eigenvalue weighted by molar-refractivity contribution is 8.01. The third-order valence-corrected chi connectivity index (χ3v) is 11.1. The number of aromatic nitrogens is 2. The van der Waals surface area contributed by atoms with E-state index in [4.69, 9.17) is 10.9 Å². The maximum atomic E-state index is 13.9. The van der Waals surface area contributed by atoms with Crippen LogP contribution in [0.4, 0.5) is 0 Å². The van der Waals surface area contributed by atoms with E-state index in [-0.39, 0.29) is 17.2 Å². The number of nitrogens with zero attached hydrogens (tertiary/aromatic N) is 4. The molecular weight excluding hydrogens is 653 g/mol. The number of hydrogen-bond acceptors (Lipinski definition) is 13. The number of amides is 3. The highest BCUT2D eigenvalue weighted by Crippen LogP contribution is 2.44. The number of aryl methyl sites for hydroxylation is 1. The number of sulfonamides is 1. The standard InChI is InChI=1S/C26H24N6O8S4/c1-12-29-30-26(43-12)42-11-14-10-41-24-20(23(36)32(24)19(14)25(37)38)31(22(35)18(27)13-5-3-2-4-6-13)21(34)16-9-15(44(28,39)40)7-8-17(16)33/h2-9,18,20,24,33H,10-11,27H2,1H3,(H,37,38)(H2,28,39,40)/t18-,20?,24-/m1/s1. The van der Waals surface area contributed by atoms with Gasteiger partial charge in [0.15, 0.2) is 4.34 Å². The Kier molecular flexibility index (Phi) is 8.83. The number of nitrogens with two attached hydrogens (primary N) is 2. The van der Waals surface area contributed by atoms with Crippen molar-refractivity contribution in [2.24, 2.45) is 10.9 Å². The van der Waals surface area contributed by atoms with Crippen LogP contribution in [0.1, 0.15) is 27.0 Å². The minimum atomic E-state index is -4.32. The van der Waals surface area contributed by atoms with E-state index < -0.39 is 67.4 Å². The average molecular weight is 677 g/mol. The molecule has 0 bridgehead atoms. The molecule has 3 heterocycles. The van der Waals surface area contributed by atoms with Gasteiger partial charge in [0, 0.05) is 11.5 Å². The van der Waals surface area contributed by atoms with Crippen LogP contribution in [0.3, 0.4) is 0 Å². The molecule has 2 aliphatic rings. The van der Waals surface area contributed by atoms with Crippen molar-refractivity contribution >= 4 is 68.6 Å². The number of rotatable bonds is 9. The Balaban J connectivity index is 1.52. The lowest BCUT2D eigenvalue weighted by Gasteiger charge is -2.52. The van der Waals surface area contributed by atoms with Gasteiger partial charge in [-0.15, -0.1) is 22.0 Å². The lowest BCUT2D eigenvalue weighted by Crippen LogP contribution is -2.72. The second-order valence-electron chi connectivity index (χ2n) is 9.61. The van der Waals surface area contributed by atoms with Crippen LogP contribution in [0.15, 0.2) is 69.0 Å². The number of carbonyl (C=O) groups is 4. The van der Waals surface area contributed by atoms with Gasteiger partial charge in [0.25, 0.3) is 17.7 Å². The summed E-state index contributed by atoms with van der Waals surface area (Å²) in [5.41, 5.74) is 6.12. The number of phenolic OH excluding ortho intramolecular Hbond substituents is 1. The van der Waals surface area contributed by atoms with Gasteiger partial charge in [-0.2, -0.15) is 0 Å². The smallest absolute Gasteiger partial charge is 0.352 e. The molecule has 44 heavy (non-hydrogen) atoms. The van der Waals surface area contributed by atoms with E-state index in [9.17, 15) is 37.8 Å². The van der Waals surface area contributed by atoms with Crippen LogP contribution in [0.25, 0.3) is 0 Å². The molecule has 0 aliphatic carbocycles. The molecular formula is C26H24N6O8S4. The number of fused-ring (bicyclic) bond motifs is 1. The number of hydrogen-bond donors (Lipinski definition) is 4. The second-order valence-corrected chi connectivity index (χ2v) is 14.7. The van der Waals surface area contributed by atoms with E-state index in [1.54, 1.807) is 37.3 Å². The van der Waals surface area contributed by atoms with Crippen LogP contribution in [-0.2, 0) is 24.4 Å². The molecule has 3 atom stereocenters. The molecule has 0 radical (unpaired) electrons. The van der Waals surface area contributed by atoms with Gasteiger partial charge in [0.1, 0.15) is 33.9 Å². The number of aliphatic carboxylic acids is 1. The molecule has 1 aromatic heterocycles. The van der Waals surface area contributed by atoms with Gasteiger partial charge < -0.3 is 15.9 Å². The fourth-order valence-electron chi connectivity index (χ4n) is 4.67. The Labute approximate surface area is 263 Å². The average Bonchev–Trinajstić information content (AvgIpc) is 3.41. The summed E-state index contributed by atoms with van der Waals surface area (Å²) in [6, 6.07) is 7.77. The number of aromatic hydroxyl groups is 1. The maximum absolute atomic E-state index is 13.9. The molecule has 3 aromatic rings. The normalized spacial score (nSPS) is 18.8. The third kappa shape index (κ3) is 5.95. The Morgan fingerprint density at radius 2 is 1.89 bits per heavy atom. The zero-order valence-electron chi connectivity index (χ0n) is 22.7. The quantitative estimate of drug-likeness (QED) is 0.185. The molecule has 2 aliphatic heterocycles. The minimum Gasteiger partial charge on any atom is -0.507 e. The van der Waals surface area contributed by atoms with Crippen molar-refractivity contribution in [3.05, 3.63) is 75.9 Å². The van der Waals surface area contributed by atoms with Gasteiger partial charge >= 0.3 is 5.97 Å². The summed E-state index contributed by atoms with van der Waals surface area (Å²) in [5.74, 6) is -4.77. The monoisotopic (exact) mass is 676 g/mol. The zero-order valence-corrected chi connectivity index (χ0v) is 26.0. The number of carboxylic acid groups (broad SMARTS) is 1. The van der Waals surface area contributed by atoms with Crippen LogP contribution < -0.4 is 10.9 Å². The van der Waals surface area contributed by atoms with E-state index in [1.165, 1.54) is 23.1 Å². The molecule has 2 aromatic carbocycles. The van der Waals surface area contributed by atoms with Crippen molar-refractivity contribution in [1.29, 1.82) is 0 Å². The Morgan fingerprint density at radius 3 is 2.50 bits per heavy atom. The molecule has 3 amide bonds. The van der Waals surface area contributed by atoms with Crippen LogP contribution in [0.5, 0.6) is 5.75 Å². The van der Waals surface area contributed by atoms with Gasteiger partial charge in [0.2, 0.25) is 10.0 Å². The van der Waals surface area contributed by atoms with E-state index in [0.29, 0.717) is 20.4 Å². The second kappa shape index (κ2) is 12.3. The van der Waals surface area contributed by atoms with Crippen molar-refractivity contribution in [2.45, 2.75) is 33.6 Å². The summed E-state index contributed by atoms with van der Waals surface area (Å²) >= 11 is 3.75. The molecule has 230 valence electrons. The van der Waals surface area contributed by atoms with Crippen molar-refractivity contribution in [2.75, 3.05) is 11.5 Å². The van der Waals surface area contributed by atoms with Crippen LogP contribution in [-0.4, -0.2) is 85.2 Å². The summed E-state index contributed by atoms with van der Waals surface area (Å²) in [4.78, 5) is 55.0. The number of imide groups is 1. The number of β-lactam (4-membered cyclic amide) rings is 1. The summed E-state index contributed by atoms with van der Waals surface area (Å²) < 4.78 is 24.6.